The summed E-state index contributed by atoms with van der Waals surface area (Å²) < 4.78 is 13.5. The van der Waals surface area contributed by atoms with Gasteiger partial charge in [0.2, 0.25) is 0 Å². The Balaban J connectivity index is 1.83. The molecular weight excluding hydrogens is 315 g/mol. The zero-order valence-corrected chi connectivity index (χ0v) is 13.6. The Bertz CT molecular complexity index is 1070. The van der Waals surface area contributed by atoms with Gasteiger partial charge >= 0.3 is 0 Å². The Kier molecular flexibility index (Phi) is 3.61. The number of rotatable bonds is 2. The molecule has 25 heavy (non-hydrogen) atoms. The summed E-state index contributed by atoms with van der Waals surface area (Å²) in [5.74, 6) is 0.652. The van der Waals surface area contributed by atoms with Crippen LogP contribution in [0.15, 0.2) is 60.8 Å². The van der Waals surface area contributed by atoms with Crippen LogP contribution in [0, 0.1) is 12.7 Å². The molecule has 0 aliphatic rings. The standard InChI is InChI=1S/C20H15FN4/c1-12-5-6-15(11-23-12)20-24-18-8-7-14(10-17(18)19(22)25-20)13-3-2-4-16(21)9-13/h2-11H,1H3,(H2,22,24,25). The summed E-state index contributed by atoms with van der Waals surface area (Å²) in [5.41, 5.74) is 10.3. The van der Waals surface area contributed by atoms with E-state index >= 15 is 0 Å². The number of pyridine rings is 1. The highest BCUT2D eigenvalue weighted by molar-refractivity contribution is 5.93. The maximum atomic E-state index is 13.5. The number of benzene rings is 2. The molecule has 0 spiro atoms. The van der Waals surface area contributed by atoms with Crippen LogP contribution in [0.2, 0.25) is 0 Å². The Morgan fingerprint density at radius 1 is 0.880 bits per heavy atom. The number of aryl methyl sites for hydroxylation is 1. The number of hydrogen-bond acceptors (Lipinski definition) is 4. The van der Waals surface area contributed by atoms with Crippen molar-refractivity contribution in [2.45, 2.75) is 6.92 Å². The molecule has 0 atom stereocenters. The molecule has 0 unspecified atom stereocenters. The summed E-state index contributed by atoms with van der Waals surface area (Å²) >= 11 is 0. The second-order valence-corrected chi connectivity index (χ2v) is 5.86. The van der Waals surface area contributed by atoms with Gasteiger partial charge in [-0.2, -0.15) is 0 Å². The van der Waals surface area contributed by atoms with Gasteiger partial charge in [-0.3, -0.25) is 4.98 Å². The molecule has 4 aromatic rings. The molecule has 0 amide bonds. The zero-order chi connectivity index (χ0) is 17.4. The van der Waals surface area contributed by atoms with Gasteiger partial charge in [0.1, 0.15) is 11.6 Å². The summed E-state index contributed by atoms with van der Waals surface area (Å²) in [5, 5.41) is 0.741. The number of hydrogen-bond donors (Lipinski definition) is 1. The lowest BCUT2D eigenvalue weighted by Gasteiger charge is -2.08. The fraction of sp³-hybridized carbons (Fsp3) is 0.0500. The molecule has 5 heteroatoms. The Hall–Kier alpha value is -3.34. The van der Waals surface area contributed by atoms with E-state index in [0.717, 1.165) is 33.3 Å². The van der Waals surface area contributed by atoms with E-state index in [1.165, 1.54) is 12.1 Å². The van der Waals surface area contributed by atoms with Crippen molar-refractivity contribution < 1.29 is 4.39 Å². The average molecular weight is 330 g/mol. The monoisotopic (exact) mass is 330 g/mol. The van der Waals surface area contributed by atoms with Crippen molar-refractivity contribution in [3.63, 3.8) is 0 Å². The lowest BCUT2D eigenvalue weighted by molar-refractivity contribution is 0.628. The Morgan fingerprint density at radius 3 is 2.44 bits per heavy atom. The summed E-state index contributed by atoms with van der Waals surface area (Å²) in [6.07, 6.45) is 1.73. The van der Waals surface area contributed by atoms with Crippen molar-refractivity contribution in [3.05, 3.63) is 72.3 Å². The molecule has 122 valence electrons. The first-order valence-corrected chi connectivity index (χ1v) is 7.86. The minimum Gasteiger partial charge on any atom is -0.383 e. The molecule has 2 heterocycles. The van der Waals surface area contributed by atoms with Crippen molar-refractivity contribution in [1.82, 2.24) is 15.0 Å². The molecule has 4 rings (SSSR count). The number of aromatic nitrogens is 3. The lowest BCUT2D eigenvalue weighted by atomic mass is 10.0. The van der Waals surface area contributed by atoms with E-state index < -0.39 is 0 Å². The predicted molar refractivity (Wildman–Crippen MR) is 97.3 cm³/mol. The topological polar surface area (TPSA) is 64.7 Å². The molecule has 2 aromatic carbocycles. The normalized spacial score (nSPS) is 11.0. The van der Waals surface area contributed by atoms with Crippen LogP contribution in [-0.4, -0.2) is 15.0 Å². The van der Waals surface area contributed by atoms with Crippen LogP contribution in [0.5, 0.6) is 0 Å². The summed E-state index contributed by atoms with van der Waals surface area (Å²) in [4.78, 5) is 13.3. The molecule has 0 aliphatic carbocycles. The number of anilines is 1. The van der Waals surface area contributed by atoms with Crippen LogP contribution >= 0.6 is 0 Å². The zero-order valence-electron chi connectivity index (χ0n) is 13.6. The van der Waals surface area contributed by atoms with Gasteiger partial charge in [-0.25, -0.2) is 14.4 Å². The molecule has 2 N–H and O–H groups in total. The van der Waals surface area contributed by atoms with Gasteiger partial charge < -0.3 is 5.73 Å². The van der Waals surface area contributed by atoms with Gasteiger partial charge in [0, 0.05) is 22.8 Å². The van der Waals surface area contributed by atoms with Gasteiger partial charge in [0.25, 0.3) is 0 Å². The number of nitrogen functional groups attached to an aromatic ring is 1. The number of nitrogens with two attached hydrogens (primary N) is 1. The third-order valence-corrected chi connectivity index (χ3v) is 4.05. The van der Waals surface area contributed by atoms with Gasteiger partial charge in [-0.15, -0.1) is 0 Å². The first-order valence-electron chi connectivity index (χ1n) is 7.86. The van der Waals surface area contributed by atoms with Crippen molar-refractivity contribution in [3.8, 4) is 22.5 Å². The quantitative estimate of drug-likeness (QED) is 0.592. The average Bonchev–Trinajstić information content (AvgIpc) is 2.62. The largest absolute Gasteiger partial charge is 0.383 e. The molecule has 4 nitrogen and oxygen atoms in total. The number of fused-ring (bicyclic) bond motifs is 1. The second-order valence-electron chi connectivity index (χ2n) is 5.86. The van der Waals surface area contributed by atoms with E-state index in [4.69, 9.17) is 5.73 Å². The Morgan fingerprint density at radius 2 is 1.68 bits per heavy atom. The van der Waals surface area contributed by atoms with Crippen molar-refractivity contribution >= 4 is 16.7 Å². The fourth-order valence-electron chi connectivity index (χ4n) is 2.73. The maximum Gasteiger partial charge on any atom is 0.163 e. The summed E-state index contributed by atoms with van der Waals surface area (Å²) in [6, 6.07) is 15.9. The molecular formula is C20H15FN4. The van der Waals surface area contributed by atoms with Gasteiger partial charge in [-0.1, -0.05) is 18.2 Å². The third-order valence-electron chi connectivity index (χ3n) is 4.05. The van der Waals surface area contributed by atoms with E-state index in [1.807, 2.05) is 43.3 Å². The third kappa shape index (κ3) is 2.92. The van der Waals surface area contributed by atoms with E-state index in [2.05, 4.69) is 15.0 Å². The first kappa shape index (κ1) is 15.2. The van der Waals surface area contributed by atoms with E-state index in [0.29, 0.717) is 11.6 Å². The highest BCUT2D eigenvalue weighted by Crippen LogP contribution is 2.28. The van der Waals surface area contributed by atoms with Crippen molar-refractivity contribution in [2.24, 2.45) is 0 Å². The molecule has 0 saturated heterocycles. The SMILES string of the molecule is Cc1ccc(-c2nc(N)c3cc(-c4cccc(F)c4)ccc3n2)cn1. The number of nitrogens with zero attached hydrogens (tertiary/aromatic N) is 3. The molecule has 0 radical (unpaired) electrons. The molecule has 0 aliphatic heterocycles. The predicted octanol–water partition coefficient (Wildman–Crippen LogP) is 4.39. The summed E-state index contributed by atoms with van der Waals surface area (Å²) in [7, 11) is 0. The van der Waals surface area contributed by atoms with Gasteiger partial charge in [-0.05, 0) is 54.4 Å². The smallest absolute Gasteiger partial charge is 0.163 e. The van der Waals surface area contributed by atoms with Gasteiger partial charge in [0.05, 0.1) is 5.52 Å². The fourth-order valence-corrected chi connectivity index (χ4v) is 2.73. The first-order chi connectivity index (χ1) is 12.1. The van der Waals surface area contributed by atoms with E-state index in [9.17, 15) is 4.39 Å². The minimum atomic E-state index is -0.274. The Labute approximate surface area is 144 Å². The lowest BCUT2D eigenvalue weighted by Crippen LogP contribution is -1.98. The highest BCUT2D eigenvalue weighted by atomic mass is 19.1. The van der Waals surface area contributed by atoms with Crippen molar-refractivity contribution in [1.29, 1.82) is 0 Å². The van der Waals surface area contributed by atoms with Gasteiger partial charge in [0.15, 0.2) is 5.82 Å². The molecule has 0 fully saturated rings. The molecule has 0 saturated carbocycles. The van der Waals surface area contributed by atoms with Crippen LogP contribution < -0.4 is 5.73 Å². The maximum absolute atomic E-state index is 13.5. The van der Waals surface area contributed by atoms with Crippen LogP contribution in [0.4, 0.5) is 10.2 Å². The molecule has 0 bridgehead atoms. The molecule has 2 aromatic heterocycles. The van der Waals surface area contributed by atoms with Crippen LogP contribution in [0.3, 0.4) is 0 Å². The second kappa shape index (κ2) is 5.94. The van der Waals surface area contributed by atoms with E-state index in [1.54, 1.807) is 12.3 Å². The van der Waals surface area contributed by atoms with E-state index in [-0.39, 0.29) is 5.82 Å². The van der Waals surface area contributed by atoms with Crippen LogP contribution in [0.1, 0.15) is 5.69 Å². The minimum absolute atomic E-state index is 0.274. The number of halogens is 1. The van der Waals surface area contributed by atoms with Crippen molar-refractivity contribution in [2.75, 3.05) is 5.73 Å². The highest BCUT2D eigenvalue weighted by Gasteiger charge is 2.09. The van der Waals surface area contributed by atoms with Crippen LogP contribution in [-0.2, 0) is 0 Å². The summed E-state index contributed by atoms with van der Waals surface area (Å²) in [6.45, 7) is 1.92. The van der Waals surface area contributed by atoms with Crippen LogP contribution in [0.25, 0.3) is 33.4 Å².